The van der Waals surface area contributed by atoms with Crippen LogP contribution in [0.15, 0.2) is 12.7 Å². The van der Waals surface area contributed by atoms with E-state index in [4.69, 9.17) is 16.9 Å². The van der Waals surface area contributed by atoms with Crippen LogP contribution >= 0.6 is 0 Å². The van der Waals surface area contributed by atoms with E-state index < -0.39 is 5.91 Å². The van der Waals surface area contributed by atoms with Crippen LogP contribution in [0.2, 0.25) is 0 Å². The van der Waals surface area contributed by atoms with E-state index in [9.17, 15) is 9.59 Å². The number of hydrogen-bond acceptors (Lipinski definition) is 5. The van der Waals surface area contributed by atoms with Gasteiger partial charge in [-0.25, -0.2) is 4.68 Å². The molecular formula is C17H23N5O3. The molecule has 0 aromatic carbocycles. The lowest BCUT2D eigenvalue weighted by molar-refractivity contribution is -0.127. The highest BCUT2D eigenvalue weighted by atomic mass is 16.5. The fourth-order valence-corrected chi connectivity index (χ4v) is 3.26. The van der Waals surface area contributed by atoms with E-state index in [0.717, 1.165) is 0 Å². The molecule has 134 valence electrons. The molecule has 3 N–H and O–H groups in total. The molecule has 2 atom stereocenters. The predicted octanol–water partition coefficient (Wildman–Crippen LogP) is 0.370. The maximum Gasteiger partial charge on any atom is 0.255 e. The molecule has 1 fully saturated rings. The minimum atomic E-state index is -0.642. The van der Waals surface area contributed by atoms with Gasteiger partial charge >= 0.3 is 0 Å². The second-order valence-corrected chi connectivity index (χ2v) is 5.79. The second kappa shape index (κ2) is 7.85. The summed E-state index contributed by atoms with van der Waals surface area (Å²) in [7, 11) is 3.29. The van der Waals surface area contributed by atoms with Crippen molar-refractivity contribution in [1.29, 1.82) is 0 Å². The molecule has 2 rings (SSSR count). The first-order valence-corrected chi connectivity index (χ1v) is 7.97. The van der Waals surface area contributed by atoms with E-state index in [0.29, 0.717) is 31.8 Å². The summed E-state index contributed by atoms with van der Waals surface area (Å²) < 4.78 is 6.80. The van der Waals surface area contributed by atoms with Crippen molar-refractivity contribution in [1.82, 2.24) is 14.7 Å². The first kappa shape index (κ1) is 18.5. The number of aromatic nitrogens is 2. The van der Waals surface area contributed by atoms with E-state index in [1.807, 2.05) is 0 Å². The Hall–Kier alpha value is -2.79. The van der Waals surface area contributed by atoms with Crippen molar-refractivity contribution in [3.8, 4) is 12.3 Å². The maximum atomic E-state index is 12.2. The number of amides is 2. The summed E-state index contributed by atoms with van der Waals surface area (Å²) in [4.78, 5) is 25.7. The average Bonchev–Trinajstić information content (AvgIpc) is 3.19. The third-order valence-electron chi connectivity index (χ3n) is 4.38. The fraction of sp³-hybridized carbons (Fsp3) is 0.471. The number of likely N-dealkylation sites (tertiary alicyclic amines) is 1. The van der Waals surface area contributed by atoms with Gasteiger partial charge < -0.3 is 20.7 Å². The van der Waals surface area contributed by atoms with Crippen LogP contribution in [-0.2, 0) is 9.53 Å². The first-order valence-electron chi connectivity index (χ1n) is 7.97. The van der Waals surface area contributed by atoms with Crippen molar-refractivity contribution >= 4 is 17.6 Å². The number of nitrogens with two attached hydrogens (primary N) is 1. The number of nitrogens with one attached hydrogen (secondary N) is 1. The van der Waals surface area contributed by atoms with Gasteiger partial charge in [0.05, 0.1) is 6.04 Å². The highest BCUT2D eigenvalue weighted by Gasteiger charge is 2.37. The molecule has 25 heavy (non-hydrogen) atoms. The van der Waals surface area contributed by atoms with Gasteiger partial charge in [0.2, 0.25) is 5.91 Å². The Bertz CT molecular complexity index is 719. The van der Waals surface area contributed by atoms with Gasteiger partial charge in [0, 0.05) is 33.4 Å². The Labute approximate surface area is 147 Å². The lowest BCUT2D eigenvalue weighted by atomic mass is 10.1. The van der Waals surface area contributed by atoms with Gasteiger partial charge in [-0.3, -0.25) is 9.59 Å². The molecule has 1 aromatic heterocycles. The van der Waals surface area contributed by atoms with Crippen molar-refractivity contribution in [2.45, 2.75) is 24.9 Å². The maximum absolute atomic E-state index is 12.2. The van der Waals surface area contributed by atoms with E-state index in [1.165, 1.54) is 6.08 Å². The number of nitrogens with zero attached hydrogens (tertiary/aromatic N) is 3. The fourth-order valence-electron chi connectivity index (χ4n) is 3.26. The summed E-state index contributed by atoms with van der Waals surface area (Å²) in [5.41, 5.74) is 5.83. The zero-order valence-electron chi connectivity index (χ0n) is 14.5. The summed E-state index contributed by atoms with van der Waals surface area (Å²) >= 11 is 0. The van der Waals surface area contributed by atoms with Gasteiger partial charge in [-0.15, -0.1) is 6.42 Å². The molecule has 1 aromatic rings. The zero-order valence-corrected chi connectivity index (χ0v) is 14.5. The summed E-state index contributed by atoms with van der Waals surface area (Å²) in [6.07, 6.45) is 8.13. The predicted molar refractivity (Wildman–Crippen MR) is 94.1 cm³/mol. The van der Waals surface area contributed by atoms with Gasteiger partial charge in [0.15, 0.2) is 0 Å². The number of rotatable bonds is 7. The molecule has 0 bridgehead atoms. The molecule has 1 saturated heterocycles. The van der Waals surface area contributed by atoms with Crippen LogP contribution in [0.4, 0.5) is 5.82 Å². The molecule has 0 saturated carbocycles. The lowest BCUT2D eigenvalue weighted by Gasteiger charge is -2.22. The Morgan fingerprint density at radius 3 is 2.84 bits per heavy atom. The number of methoxy groups -OCH3 is 1. The smallest absolute Gasteiger partial charge is 0.255 e. The molecule has 2 amide bonds. The van der Waals surface area contributed by atoms with Gasteiger partial charge in [-0.1, -0.05) is 6.58 Å². The summed E-state index contributed by atoms with van der Waals surface area (Å²) in [6, 6.07) is -0.135. The highest BCUT2D eigenvalue weighted by molar-refractivity contribution is 6.00. The van der Waals surface area contributed by atoms with Gasteiger partial charge in [0.1, 0.15) is 17.1 Å². The SMILES string of the molecule is C#Cc1nn([C@H]2C[C@H](CCOC)N(C(=O)C=C)C2)c(NC)c1C(N)=O. The van der Waals surface area contributed by atoms with Crippen molar-refractivity contribution in [3.05, 3.63) is 23.9 Å². The number of ether oxygens (including phenoxy) is 1. The van der Waals surface area contributed by atoms with E-state index >= 15 is 0 Å². The number of terminal acetylenes is 1. The van der Waals surface area contributed by atoms with Crippen molar-refractivity contribution < 1.29 is 14.3 Å². The Kier molecular flexibility index (Phi) is 5.83. The Morgan fingerprint density at radius 2 is 2.32 bits per heavy atom. The van der Waals surface area contributed by atoms with Crippen LogP contribution in [0.25, 0.3) is 0 Å². The third-order valence-corrected chi connectivity index (χ3v) is 4.38. The quantitative estimate of drug-likeness (QED) is 0.549. The molecule has 0 radical (unpaired) electrons. The Balaban J connectivity index is 2.39. The topological polar surface area (TPSA) is 102 Å². The zero-order chi connectivity index (χ0) is 18.6. The Morgan fingerprint density at radius 1 is 1.60 bits per heavy atom. The standard InChI is InChI=1S/C17H23N5O3/c1-5-13-15(16(18)24)17(19-3)22(20-13)12-9-11(7-8-25-4)21(10-12)14(23)6-2/h1,6,11-12,19H,2,7-10H2,3-4H3,(H2,18,24)/t11-,12-/m0/s1. The molecule has 0 spiro atoms. The van der Waals surface area contributed by atoms with Crippen molar-refractivity contribution in [2.75, 3.05) is 32.6 Å². The molecule has 8 nitrogen and oxygen atoms in total. The summed E-state index contributed by atoms with van der Waals surface area (Å²) in [6.45, 7) is 4.54. The molecule has 0 unspecified atom stereocenters. The van der Waals surface area contributed by atoms with Crippen LogP contribution in [0.3, 0.4) is 0 Å². The largest absolute Gasteiger partial charge is 0.385 e. The van der Waals surface area contributed by atoms with Gasteiger partial charge in [-0.05, 0) is 24.8 Å². The van der Waals surface area contributed by atoms with E-state index in [-0.39, 0.29) is 29.2 Å². The summed E-state index contributed by atoms with van der Waals surface area (Å²) in [5.74, 6) is 2.07. The third kappa shape index (κ3) is 3.51. The average molecular weight is 345 g/mol. The van der Waals surface area contributed by atoms with E-state index in [2.05, 4.69) is 22.9 Å². The lowest BCUT2D eigenvalue weighted by Crippen LogP contribution is -2.35. The number of carbonyl (C=O) groups is 2. The number of anilines is 1. The van der Waals surface area contributed by atoms with Crippen LogP contribution in [-0.4, -0.2) is 59.8 Å². The number of carbonyl (C=O) groups excluding carboxylic acids is 2. The molecule has 1 aliphatic rings. The van der Waals surface area contributed by atoms with Gasteiger partial charge in [0.25, 0.3) is 5.91 Å². The minimum absolute atomic E-state index is 0.00401. The molecule has 1 aliphatic heterocycles. The monoisotopic (exact) mass is 345 g/mol. The minimum Gasteiger partial charge on any atom is -0.385 e. The van der Waals surface area contributed by atoms with Crippen molar-refractivity contribution in [2.24, 2.45) is 5.73 Å². The first-order chi connectivity index (χ1) is 12.0. The van der Waals surface area contributed by atoms with Crippen molar-refractivity contribution in [3.63, 3.8) is 0 Å². The molecule has 0 aliphatic carbocycles. The van der Waals surface area contributed by atoms with Gasteiger partial charge in [-0.2, -0.15) is 5.10 Å². The number of hydrogen-bond donors (Lipinski definition) is 2. The normalized spacial score (nSPS) is 19.5. The molecule has 2 heterocycles. The second-order valence-electron chi connectivity index (χ2n) is 5.79. The van der Waals surface area contributed by atoms with E-state index in [1.54, 1.807) is 23.7 Å². The van der Waals surface area contributed by atoms with Crippen LogP contribution in [0.5, 0.6) is 0 Å². The van der Waals surface area contributed by atoms with Crippen LogP contribution in [0.1, 0.15) is 34.9 Å². The highest BCUT2D eigenvalue weighted by Crippen LogP contribution is 2.33. The number of primary amides is 1. The van der Waals surface area contributed by atoms with Crippen LogP contribution in [0, 0.1) is 12.3 Å². The molecular weight excluding hydrogens is 322 g/mol. The molecule has 8 heteroatoms. The summed E-state index contributed by atoms with van der Waals surface area (Å²) in [5, 5.41) is 7.31. The van der Waals surface area contributed by atoms with Crippen LogP contribution < -0.4 is 11.1 Å².